The number of unbranched alkanes of at least 4 members (excludes halogenated alkanes) is 7. The fraction of sp³-hybridized carbons (Fsp3) is 0.842. The zero-order valence-electron chi connectivity index (χ0n) is 15.0. The van der Waals surface area contributed by atoms with Crippen LogP contribution in [0.1, 0.15) is 78.1 Å². The molecule has 0 bridgehead atoms. The lowest BCUT2D eigenvalue weighted by Gasteiger charge is -2.28. The average Bonchev–Trinajstić information content (AvgIpc) is 3.20. The van der Waals surface area contributed by atoms with E-state index in [0.29, 0.717) is 4.08 Å². The maximum atomic E-state index is 4.22. The molecule has 0 saturated carbocycles. The minimum atomic E-state index is 0.392. The minimum Gasteiger partial charge on any atom is -0.335 e. The maximum Gasteiger partial charge on any atom is 0.0946 e. The van der Waals surface area contributed by atoms with E-state index in [-0.39, 0.29) is 0 Å². The van der Waals surface area contributed by atoms with Crippen molar-refractivity contribution in [3.63, 3.8) is 0 Å². The molecule has 2 atom stereocenters. The molecule has 1 fully saturated rings. The molecule has 23 heavy (non-hydrogen) atoms. The summed E-state index contributed by atoms with van der Waals surface area (Å²) in [5.74, 6) is 1.33. The van der Waals surface area contributed by atoms with E-state index in [1.54, 1.807) is 0 Å². The molecule has 2 nitrogen and oxygen atoms in total. The average molecular weight is 355 g/mol. The summed E-state index contributed by atoms with van der Waals surface area (Å²) in [7, 11) is 0. The predicted octanol–water partition coefficient (Wildman–Crippen LogP) is 6.37. The largest absolute Gasteiger partial charge is 0.335 e. The summed E-state index contributed by atoms with van der Waals surface area (Å²) in [5.41, 5.74) is 0. The molecule has 0 aliphatic carbocycles. The van der Waals surface area contributed by atoms with Crippen LogP contribution in [0.15, 0.2) is 18.7 Å². The first-order chi connectivity index (χ1) is 11.3. The second kappa shape index (κ2) is 10.7. The van der Waals surface area contributed by atoms with E-state index < -0.39 is 0 Å². The number of hydrogen-bond donors (Lipinski definition) is 0. The van der Waals surface area contributed by atoms with Crippen molar-refractivity contribution in [2.45, 2.75) is 93.9 Å². The van der Waals surface area contributed by atoms with Crippen molar-refractivity contribution < 1.29 is 0 Å². The van der Waals surface area contributed by atoms with Crippen molar-refractivity contribution in [1.29, 1.82) is 0 Å². The molecule has 2 rings (SSSR count). The number of rotatable bonds is 12. The lowest BCUT2D eigenvalue weighted by Crippen LogP contribution is -2.24. The van der Waals surface area contributed by atoms with E-state index in [9.17, 15) is 0 Å². The Morgan fingerprint density at radius 3 is 2.43 bits per heavy atom. The van der Waals surface area contributed by atoms with Gasteiger partial charge in [0.2, 0.25) is 0 Å². The third-order valence-electron chi connectivity index (χ3n) is 4.76. The highest BCUT2D eigenvalue weighted by molar-refractivity contribution is 8.21. The van der Waals surface area contributed by atoms with Gasteiger partial charge in [0, 0.05) is 29.9 Å². The fourth-order valence-electron chi connectivity index (χ4n) is 3.30. The summed E-state index contributed by atoms with van der Waals surface area (Å²) in [4.78, 5) is 4.22. The van der Waals surface area contributed by atoms with Gasteiger partial charge in [-0.25, -0.2) is 4.98 Å². The summed E-state index contributed by atoms with van der Waals surface area (Å²) in [5, 5.41) is 0.845. The third kappa shape index (κ3) is 6.74. The van der Waals surface area contributed by atoms with Crippen LogP contribution in [0.4, 0.5) is 0 Å². The molecule has 1 aliphatic rings. The van der Waals surface area contributed by atoms with Crippen LogP contribution in [-0.2, 0) is 6.54 Å². The highest BCUT2D eigenvalue weighted by Crippen LogP contribution is 2.52. The molecular formula is C19H34N2S2. The smallest absolute Gasteiger partial charge is 0.0946 e. The quantitative estimate of drug-likeness (QED) is 0.406. The van der Waals surface area contributed by atoms with Crippen LogP contribution in [0.2, 0.25) is 0 Å². The number of aromatic nitrogens is 2. The van der Waals surface area contributed by atoms with Gasteiger partial charge in [0.1, 0.15) is 0 Å². The highest BCUT2D eigenvalue weighted by Gasteiger charge is 2.39. The molecular weight excluding hydrogens is 320 g/mol. The van der Waals surface area contributed by atoms with Crippen molar-refractivity contribution >= 4 is 23.5 Å². The number of nitrogens with zero attached hydrogens (tertiary/aromatic N) is 2. The molecule has 1 aromatic heterocycles. The Bertz CT molecular complexity index is 408. The van der Waals surface area contributed by atoms with Crippen LogP contribution >= 0.6 is 23.5 Å². The molecule has 2 unspecified atom stereocenters. The second-order valence-corrected chi connectivity index (χ2v) is 10.2. The first kappa shape index (κ1) is 19.2. The molecule has 2 heterocycles. The molecule has 132 valence electrons. The fourth-order valence-corrected chi connectivity index (χ4v) is 7.17. The van der Waals surface area contributed by atoms with Crippen molar-refractivity contribution in [2.24, 2.45) is 0 Å². The lowest BCUT2D eigenvalue weighted by molar-refractivity contribution is 0.526. The van der Waals surface area contributed by atoms with Gasteiger partial charge in [-0.1, -0.05) is 65.2 Å². The summed E-state index contributed by atoms with van der Waals surface area (Å²) in [6.07, 6.45) is 20.0. The van der Waals surface area contributed by atoms with Crippen LogP contribution in [0.5, 0.6) is 0 Å². The molecule has 0 radical (unpaired) electrons. The van der Waals surface area contributed by atoms with E-state index in [4.69, 9.17) is 0 Å². The number of hydrogen-bond acceptors (Lipinski definition) is 3. The van der Waals surface area contributed by atoms with Crippen LogP contribution in [0.25, 0.3) is 0 Å². The first-order valence-electron chi connectivity index (χ1n) is 9.55. The molecule has 0 amide bonds. The summed E-state index contributed by atoms with van der Waals surface area (Å²) < 4.78 is 2.67. The molecule has 1 aromatic rings. The monoisotopic (exact) mass is 354 g/mol. The van der Waals surface area contributed by atoms with E-state index in [1.165, 1.54) is 70.0 Å². The lowest BCUT2D eigenvalue weighted by atomic mass is 10.1. The van der Waals surface area contributed by atoms with Gasteiger partial charge in [-0.3, -0.25) is 0 Å². The van der Waals surface area contributed by atoms with Gasteiger partial charge in [0.25, 0.3) is 0 Å². The Labute approximate surface area is 151 Å². The SMILES string of the molecule is CCCCCCCCCCC1(Cn2ccnc2)SCC(CC)S1. The van der Waals surface area contributed by atoms with Crippen molar-refractivity contribution in [3.8, 4) is 0 Å². The van der Waals surface area contributed by atoms with Gasteiger partial charge >= 0.3 is 0 Å². The zero-order valence-corrected chi connectivity index (χ0v) is 16.6. The molecule has 1 saturated heterocycles. The number of imidazole rings is 1. The molecule has 0 spiro atoms. The molecule has 1 aliphatic heterocycles. The Morgan fingerprint density at radius 1 is 1.09 bits per heavy atom. The highest BCUT2D eigenvalue weighted by atomic mass is 32.2. The third-order valence-corrected chi connectivity index (χ3v) is 8.64. The summed E-state index contributed by atoms with van der Waals surface area (Å²) in [6.45, 7) is 5.75. The van der Waals surface area contributed by atoms with E-state index in [1.807, 2.05) is 12.5 Å². The number of thioether (sulfide) groups is 2. The standard InChI is InChI=1S/C19H34N2S2/c1-3-5-6-7-8-9-10-11-12-19(16-21-14-13-20-17-21)22-15-18(4-2)23-19/h13-14,17-18H,3-12,15-16H2,1-2H3. The maximum absolute atomic E-state index is 4.22. The zero-order chi connectivity index (χ0) is 16.4. The van der Waals surface area contributed by atoms with Gasteiger partial charge in [0.15, 0.2) is 0 Å². The Hall–Kier alpha value is -0.0900. The second-order valence-electron chi connectivity index (χ2n) is 6.83. The normalized spacial score (nSPS) is 24.3. The van der Waals surface area contributed by atoms with Crippen LogP contribution in [-0.4, -0.2) is 24.6 Å². The van der Waals surface area contributed by atoms with Gasteiger partial charge < -0.3 is 4.57 Å². The predicted molar refractivity (Wildman–Crippen MR) is 106 cm³/mol. The van der Waals surface area contributed by atoms with Crippen LogP contribution in [0, 0.1) is 0 Å². The van der Waals surface area contributed by atoms with Gasteiger partial charge in [0.05, 0.1) is 10.4 Å². The topological polar surface area (TPSA) is 17.8 Å². The van der Waals surface area contributed by atoms with Crippen molar-refractivity contribution in [2.75, 3.05) is 5.75 Å². The molecule has 0 N–H and O–H groups in total. The van der Waals surface area contributed by atoms with Gasteiger partial charge in [-0.15, -0.1) is 23.5 Å². The van der Waals surface area contributed by atoms with E-state index in [0.717, 1.165) is 11.8 Å². The van der Waals surface area contributed by atoms with Gasteiger partial charge in [-0.05, 0) is 12.8 Å². The van der Waals surface area contributed by atoms with Crippen LogP contribution < -0.4 is 0 Å². The van der Waals surface area contributed by atoms with E-state index in [2.05, 4.69) is 53.1 Å². The van der Waals surface area contributed by atoms with Crippen molar-refractivity contribution in [1.82, 2.24) is 9.55 Å². The van der Waals surface area contributed by atoms with Crippen LogP contribution in [0.3, 0.4) is 0 Å². The Kier molecular flexibility index (Phi) is 8.96. The minimum absolute atomic E-state index is 0.392. The Balaban J connectivity index is 1.71. The van der Waals surface area contributed by atoms with E-state index >= 15 is 0 Å². The Morgan fingerprint density at radius 2 is 1.83 bits per heavy atom. The molecule has 4 heteroatoms. The summed E-state index contributed by atoms with van der Waals surface area (Å²) in [6, 6.07) is 0. The summed E-state index contributed by atoms with van der Waals surface area (Å²) >= 11 is 4.46. The first-order valence-corrected chi connectivity index (χ1v) is 11.4. The van der Waals surface area contributed by atoms with Crippen molar-refractivity contribution in [3.05, 3.63) is 18.7 Å². The molecule has 0 aromatic carbocycles. The van der Waals surface area contributed by atoms with Gasteiger partial charge in [-0.2, -0.15) is 0 Å².